The number of hydrogen-bond acceptors (Lipinski definition) is 4. The van der Waals surface area contributed by atoms with Crippen molar-refractivity contribution in [1.82, 2.24) is 19.8 Å². The van der Waals surface area contributed by atoms with Gasteiger partial charge in [0.2, 0.25) is 0 Å². The molecule has 1 N–H and O–H groups in total. The summed E-state index contributed by atoms with van der Waals surface area (Å²) < 4.78 is 19.2. The number of unbranched alkanes of at least 4 members (excludes halogenated alkanes) is 1. The number of piperidine rings is 1. The Morgan fingerprint density at radius 1 is 1.25 bits per heavy atom. The first-order valence-electron chi connectivity index (χ1n) is 10.5. The first-order chi connectivity index (χ1) is 13.7. The van der Waals surface area contributed by atoms with Crippen molar-refractivity contribution in [1.29, 1.82) is 0 Å². The molecule has 0 unspecified atom stereocenters. The van der Waals surface area contributed by atoms with Gasteiger partial charge in [0.1, 0.15) is 11.6 Å². The van der Waals surface area contributed by atoms with Gasteiger partial charge in [-0.15, -0.1) is 0 Å². The summed E-state index contributed by atoms with van der Waals surface area (Å²) in [4.78, 5) is 13.2. The number of rotatable bonds is 6. The maximum atomic E-state index is 13.7. The van der Waals surface area contributed by atoms with Crippen LogP contribution in [0.5, 0.6) is 5.75 Å². The van der Waals surface area contributed by atoms with Crippen molar-refractivity contribution in [3.8, 4) is 5.75 Å². The number of likely N-dealkylation sites (tertiary alicyclic amines) is 1. The highest BCUT2D eigenvalue weighted by molar-refractivity contribution is 5.34. The standard InChI is InChI=1S/C22H31FN4O/c1-3-4-10-27-11-7-19-21(25-16-24-19)22(27)8-12-26(13-9-22)15-17-14-18(23)5-6-20(17)28-2/h5-6,14,16H,3-4,7-13,15H2,1-2H3,(H,24,25). The molecule has 1 aromatic heterocycles. The number of ether oxygens (including phenoxy) is 1. The van der Waals surface area contributed by atoms with E-state index in [0.717, 1.165) is 63.3 Å². The highest BCUT2D eigenvalue weighted by Gasteiger charge is 2.46. The Morgan fingerprint density at radius 3 is 2.82 bits per heavy atom. The molecule has 0 amide bonds. The van der Waals surface area contributed by atoms with E-state index in [0.29, 0.717) is 0 Å². The van der Waals surface area contributed by atoms with E-state index in [1.54, 1.807) is 19.2 Å². The second-order valence-corrected chi connectivity index (χ2v) is 8.08. The predicted octanol–water partition coefficient (Wildman–Crippen LogP) is 3.71. The van der Waals surface area contributed by atoms with Crippen molar-refractivity contribution in [2.24, 2.45) is 0 Å². The number of halogens is 1. The van der Waals surface area contributed by atoms with Gasteiger partial charge in [-0.05, 0) is 44.0 Å². The highest BCUT2D eigenvalue weighted by atomic mass is 19.1. The summed E-state index contributed by atoms with van der Waals surface area (Å²) in [7, 11) is 1.65. The van der Waals surface area contributed by atoms with Gasteiger partial charge in [0.05, 0.1) is 24.7 Å². The molecule has 1 saturated heterocycles. The van der Waals surface area contributed by atoms with E-state index in [4.69, 9.17) is 9.72 Å². The van der Waals surface area contributed by atoms with Gasteiger partial charge in [-0.25, -0.2) is 9.37 Å². The van der Waals surface area contributed by atoms with Crippen LogP contribution in [0.1, 0.15) is 49.6 Å². The minimum atomic E-state index is -0.205. The van der Waals surface area contributed by atoms with E-state index in [-0.39, 0.29) is 11.4 Å². The Kier molecular flexibility index (Phi) is 5.69. The molecule has 2 aliphatic heterocycles. The third kappa shape index (κ3) is 3.55. The predicted molar refractivity (Wildman–Crippen MR) is 108 cm³/mol. The fourth-order valence-corrected chi connectivity index (χ4v) is 4.94. The molecule has 0 saturated carbocycles. The number of imidazole rings is 1. The van der Waals surface area contributed by atoms with Crippen LogP contribution in [-0.2, 0) is 18.5 Å². The molecular weight excluding hydrogens is 355 g/mol. The van der Waals surface area contributed by atoms with Crippen molar-refractivity contribution < 1.29 is 9.13 Å². The summed E-state index contributed by atoms with van der Waals surface area (Å²) in [6.45, 7) is 7.18. The monoisotopic (exact) mass is 386 g/mol. The normalized spacial score (nSPS) is 19.7. The zero-order valence-electron chi connectivity index (χ0n) is 17.0. The summed E-state index contributed by atoms with van der Waals surface area (Å²) in [5.41, 5.74) is 3.54. The van der Waals surface area contributed by atoms with E-state index < -0.39 is 0 Å². The fraction of sp³-hybridized carbons (Fsp3) is 0.591. The molecule has 1 aromatic carbocycles. The number of H-pyrrole nitrogens is 1. The summed E-state index contributed by atoms with van der Waals surface area (Å²) >= 11 is 0. The van der Waals surface area contributed by atoms with Crippen LogP contribution in [0.15, 0.2) is 24.5 Å². The lowest BCUT2D eigenvalue weighted by molar-refractivity contribution is 0.00250. The maximum absolute atomic E-state index is 13.7. The van der Waals surface area contributed by atoms with Crippen LogP contribution < -0.4 is 4.74 Å². The van der Waals surface area contributed by atoms with Crippen LogP contribution in [0, 0.1) is 5.82 Å². The summed E-state index contributed by atoms with van der Waals surface area (Å²) in [5.74, 6) is 0.557. The molecule has 0 aliphatic carbocycles. The number of benzene rings is 1. The Morgan fingerprint density at radius 2 is 2.07 bits per heavy atom. The van der Waals surface area contributed by atoms with Crippen molar-refractivity contribution in [2.75, 3.05) is 33.3 Å². The van der Waals surface area contributed by atoms with Crippen molar-refractivity contribution in [2.45, 2.75) is 51.1 Å². The van der Waals surface area contributed by atoms with Crippen molar-refractivity contribution >= 4 is 0 Å². The van der Waals surface area contributed by atoms with Crippen LogP contribution >= 0.6 is 0 Å². The molecular formula is C22H31FN4O. The molecule has 5 nitrogen and oxygen atoms in total. The van der Waals surface area contributed by atoms with E-state index in [9.17, 15) is 4.39 Å². The number of aromatic nitrogens is 2. The molecule has 2 aromatic rings. The van der Waals surface area contributed by atoms with Gasteiger partial charge in [-0.3, -0.25) is 9.80 Å². The molecule has 2 aliphatic rings. The average Bonchev–Trinajstić information content (AvgIpc) is 3.19. The molecule has 152 valence electrons. The number of aromatic amines is 1. The fourth-order valence-electron chi connectivity index (χ4n) is 4.94. The summed E-state index contributed by atoms with van der Waals surface area (Å²) in [6.07, 6.45) is 7.49. The Bertz CT molecular complexity index is 798. The lowest BCUT2D eigenvalue weighted by Gasteiger charge is -2.50. The zero-order valence-corrected chi connectivity index (χ0v) is 17.0. The van der Waals surface area contributed by atoms with Gasteiger partial charge in [0.25, 0.3) is 0 Å². The van der Waals surface area contributed by atoms with Gasteiger partial charge in [-0.1, -0.05) is 13.3 Å². The Labute approximate surface area is 166 Å². The third-order valence-corrected chi connectivity index (χ3v) is 6.50. The molecule has 4 rings (SSSR count). The quantitative estimate of drug-likeness (QED) is 0.822. The first kappa shape index (κ1) is 19.4. The van der Waals surface area contributed by atoms with Crippen LogP contribution in [-0.4, -0.2) is 53.1 Å². The molecule has 28 heavy (non-hydrogen) atoms. The third-order valence-electron chi connectivity index (χ3n) is 6.50. The number of methoxy groups -OCH3 is 1. The average molecular weight is 387 g/mol. The van der Waals surface area contributed by atoms with E-state index in [1.807, 2.05) is 6.33 Å². The van der Waals surface area contributed by atoms with Crippen LogP contribution in [0.25, 0.3) is 0 Å². The van der Waals surface area contributed by atoms with Gasteiger partial charge in [0, 0.05) is 43.9 Å². The SMILES string of the molecule is CCCCN1CCc2[nH]cnc2C12CCN(Cc1cc(F)ccc1OC)CC2. The summed E-state index contributed by atoms with van der Waals surface area (Å²) in [6, 6.07) is 4.78. The number of hydrogen-bond donors (Lipinski definition) is 1. The van der Waals surface area contributed by atoms with E-state index in [2.05, 4.69) is 21.7 Å². The second-order valence-electron chi connectivity index (χ2n) is 8.08. The van der Waals surface area contributed by atoms with E-state index >= 15 is 0 Å². The van der Waals surface area contributed by atoms with Crippen LogP contribution in [0.4, 0.5) is 4.39 Å². The van der Waals surface area contributed by atoms with Gasteiger partial charge in [-0.2, -0.15) is 0 Å². The van der Waals surface area contributed by atoms with Gasteiger partial charge < -0.3 is 9.72 Å². The molecule has 3 heterocycles. The van der Waals surface area contributed by atoms with E-state index in [1.165, 1.54) is 30.3 Å². The minimum Gasteiger partial charge on any atom is -0.496 e. The highest BCUT2D eigenvalue weighted by Crippen LogP contribution is 2.42. The molecule has 1 fully saturated rings. The molecule has 0 radical (unpaired) electrons. The Balaban J connectivity index is 1.51. The number of nitrogens with zero attached hydrogens (tertiary/aromatic N) is 3. The summed E-state index contributed by atoms with van der Waals surface area (Å²) in [5, 5.41) is 0. The zero-order chi connectivity index (χ0) is 19.6. The van der Waals surface area contributed by atoms with Gasteiger partial charge >= 0.3 is 0 Å². The lowest BCUT2D eigenvalue weighted by atomic mass is 9.78. The number of fused-ring (bicyclic) bond motifs is 2. The smallest absolute Gasteiger partial charge is 0.123 e. The molecule has 0 atom stereocenters. The van der Waals surface area contributed by atoms with Gasteiger partial charge in [0.15, 0.2) is 0 Å². The van der Waals surface area contributed by atoms with Crippen LogP contribution in [0.3, 0.4) is 0 Å². The van der Waals surface area contributed by atoms with Crippen molar-refractivity contribution in [3.05, 3.63) is 47.3 Å². The first-order valence-corrected chi connectivity index (χ1v) is 10.5. The molecule has 0 bridgehead atoms. The number of nitrogens with one attached hydrogen (secondary N) is 1. The topological polar surface area (TPSA) is 44.4 Å². The minimum absolute atomic E-state index is 0.0469. The van der Waals surface area contributed by atoms with Crippen molar-refractivity contribution in [3.63, 3.8) is 0 Å². The second kappa shape index (κ2) is 8.21. The lowest BCUT2D eigenvalue weighted by Crippen LogP contribution is -2.56. The van der Waals surface area contributed by atoms with Crippen LogP contribution in [0.2, 0.25) is 0 Å². The maximum Gasteiger partial charge on any atom is 0.123 e. The largest absolute Gasteiger partial charge is 0.496 e. The molecule has 6 heteroatoms. The molecule has 1 spiro atoms. The Hall–Kier alpha value is -1.92.